The van der Waals surface area contributed by atoms with Crippen molar-refractivity contribution in [2.24, 2.45) is 0 Å². The molecule has 0 saturated heterocycles. The van der Waals surface area contributed by atoms with Crippen molar-refractivity contribution in [3.63, 3.8) is 0 Å². The van der Waals surface area contributed by atoms with Gasteiger partial charge in [-0.1, -0.05) is 0 Å². The van der Waals surface area contributed by atoms with E-state index < -0.39 is 19.1 Å². The molecule has 5 heteroatoms. The minimum atomic E-state index is -2.00. The summed E-state index contributed by atoms with van der Waals surface area (Å²) in [5.74, 6) is 0. The minimum Gasteiger partial charge on any atom is -0.0125 e. The van der Waals surface area contributed by atoms with Crippen LogP contribution in [0.1, 0.15) is 0 Å². The zero-order valence-electron chi connectivity index (χ0n) is 2.82. The van der Waals surface area contributed by atoms with Crippen LogP contribution < -0.4 is 0 Å². The molecule has 1 radical (unpaired) electrons. The molecule has 0 aliphatic rings. The van der Waals surface area contributed by atoms with Gasteiger partial charge >= 0.3 is 25.7 Å². The van der Waals surface area contributed by atoms with Crippen molar-refractivity contribution in [3.8, 4) is 0 Å². The molecule has 0 unspecified atom stereocenters. The Labute approximate surface area is 62.4 Å². The summed E-state index contributed by atoms with van der Waals surface area (Å²) in [5.41, 5.74) is 0. The molecule has 0 amide bonds. The van der Waals surface area contributed by atoms with Gasteiger partial charge in [0.1, 0.15) is 0 Å². The van der Waals surface area contributed by atoms with Gasteiger partial charge in [-0.3, -0.25) is 0 Å². The molecule has 2 nitrogen and oxygen atoms in total. The molecule has 0 aromatic carbocycles. The first-order valence-corrected chi connectivity index (χ1v) is 1.68. The van der Waals surface area contributed by atoms with Crippen LogP contribution in [0.25, 0.3) is 0 Å². The Bertz CT molecular complexity index is 30.6. The second-order valence-corrected chi connectivity index (χ2v) is 0.344. The van der Waals surface area contributed by atoms with E-state index in [0.29, 0.717) is 0 Å². The Morgan fingerprint density at radius 2 is 1.20 bits per heavy atom. The number of hydrogen-bond acceptors (Lipinski definition) is 2. The van der Waals surface area contributed by atoms with Gasteiger partial charge in [-0.25, -0.2) is 0 Å². The first-order valence-electron chi connectivity index (χ1n) is 0.408. The minimum absolute atomic E-state index is 0. The van der Waals surface area contributed by atoms with E-state index in [4.69, 9.17) is 6.65 Å². The van der Waals surface area contributed by atoms with Crippen molar-refractivity contribution < 1.29 is 51.9 Å². The fraction of sp³-hybridized carbons (Fsp3) is 0. The summed E-state index contributed by atoms with van der Waals surface area (Å²) in [6, 6.07) is 0. The average molecular weight is 202 g/mol. The van der Waals surface area contributed by atoms with Gasteiger partial charge in [0.15, 0.2) is 0 Å². The Hall–Kier alpha value is 1.41. The molecule has 0 saturated carbocycles. The summed E-state index contributed by atoms with van der Waals surface area (Å²) in [5, 5.41) is 0. The predicted octanol–water partition coefficient (Wildman–Crippen LogP) is -1.43. The fourth-order valence-electron chi connectivity index (χ4n) is 0. The van der Waals surface area contributed by atoms with Crippen molar-refractivity contribution in [2.75, 3.05) is 0 Å². The average Bonchev–Trinajstić information content (AvgIpc) is 0.918. The number of rotatable bonds is 0. The summed E-state index contributed by atoms with van der Waals surface area (Å²) in [7, 11) is 0. The van der Waals surface area contributed by atoms with Gasteiger partial charge in [0, 0.05) is 26.2 Å². The van der Waals surface area contributed by atoms with Gasteiger partial charge in [-0.15, -0.1) is 0 Å². The van der Waals surface area contributed by atoms with E-state index >= 15 is 0 Å². The van der Waals surface area contributed by atoms with Crippen LogP contribution >= 0.6 is 0 Å². The largest absolute Gasteiger partial charge is 0.0125 e. The molecule has 0 spiro atoms. The first kappa shape index (κ1) is 16.1. The topological polar surface area (TPSA) is 34.1 Å². The molecule has 0 bridgehead atoms. The van der Waals surface area contributed by atoms with E-state index in [1.807, 2.05) is 0 Å². The molecule has 0 aliphatic carbocycles. The Kier molecular flexibility index (Phi) is 58.4. The second-order valence-electron chi connectivity index (χ2n) is 0.0833. The van der Waals surface area contributed by atoms with Gasteiger partial charge in [0.25, 0.3) is 0 Å². The van der Waals surface area contributed by atoms with Gasteiger partial charge in [0.2, 0.25) is 0 Å². The molecule has 0 atom stereocenters. The standard InChI is InChI=1S/2O.H3Si.Ti.Zr/h;;1H3;;. The van der Waals surface area contributed by atoms with E-state index in [1.165, 1.54) is 0 Å². The van der Waals surface area contributed by atoms with E-state index in [1.54, 1.807) is 0 Å². The van der Waals surface area contributed by atoms with Crippen LogP contribution in [0.2, 0.25) is 0 Å². The zero-order chi connectivity index (χ0) is 2.71. The Morgan fingerprint density at radius 3 is 1.20 bits per heavy atom. The summed E-state index contributed by atoms with van der Waals surface area (Å²) in [6.07, 6.45) is 0. The molecule has 0 fully saturated rings. The number of hydrogen-bond donors (Lipinski definition) is 0. The van der Waals surface area contributed by atoms with Crippen LogP contribution in [0.4, 0.5) is 0 Å². The third kappa shape index (κ3) is 31.6. The van der Waals surface area contributed by atoms with Crippen molar-refractivity contribution in [2.45, 2.75) is 0 Å². The summed E-state index contributed by atoms with van der Waals surface area (Å²) in [6.45, 7) is 0. The monoisotopic (exact) mass is 201 g/mol. The van der Waals surface area contributed by atoms with Gasteiger partial charge in [-0.05, 0) is 11.0 Å². The molecular formula is H3O2SiTiZr. The second kappa shape index (κ2) is 18.1. The molecule has 0 rings (SSSR count). The van der Waals surface area contributed by atoms with Crippen LogP contribution in [-0.2, 0) is 51.9 Å². The molecule has 0 aromatic rings. The Morgan fingerprint density at radius 1 is 1.20 bits per heavy atom. The van der Waals surface area contributed by atoms with Gasteiger partial charge in [-0.2, -0.15) is 0 Å². The third-order valence-corrected chi connectivity index (χ3v) is 0. The van der Waals surface area contributed by atoms with E-state index in [-0.39, 0.29) is 37.2 Å². The van der Waals surface area contributed by atoms with Crippen molar-refractivity contribution in [1.29, 1.82) is 0 Å². The van der Waals surface area contributed by atoms with E-state index in [0.717, 1.165) is 0 Å². The summed E-state index contributed by atoms with van der Waals surface area (Å²) < 4.78 is 17.0. The smallest absolute Gasteiger partial charge is 0 e. The van der Waals surface area contributed by atoms with Crippen LogP contribution in [0, 0.1) is 0 Å². The van der Waals surface area contributed by atoms with E-state index in [2.05, 4.69) is 0 Å². The molecule has 0 heterocycles. The van der Waals surface area contributed by atoms with Gasteiger partial charge < -0.3 is 0 Å². The van der Waals surface area contributed by atoms with Crippen LogP contribution in [0.3, 0.4) is 0 Å². The normalized spacial score (nSPS) is 1.60. The van der Waals surface area contributed by atoms with Crippen molar-refractivity contribution in [3.05, 3.63) is 0 Å². The molecule has 0 N–H and O–H groups in total. The van der Waals surface area contributed by atoms with Crippen LogP contribution in [0.5, 0.6) is 0 Å². The molecule has 27 valence electrons. The van der Waals surface area contributed by atoms with Crippen LogP contribution in [0.15, 0.2) is 0 Å². The zero-order valence-corrected chi connectivity index (χ0v) is 8.84. The molecule has 0 aromatic heterocycles. The van der Waals surface area contributed by atoms with E-state index in [9.17, 15) is 0 Å². The predicted molar refractivity (Wildman–Crippen MR) is 11.3 cm³/mol. The Balaban J connectivity index is -0.0000000200. The molecule has 0 aliphatic heterocycles. The SMILES string of the molecule is [O]=[Ti]=[O].[SiH3].[Zr]. The molecular weight excluding hydrogens is 199 g/mol. The maximum Gasteiger partial charge on any atom is 0 e. The maximum atomic E-state index is 8.50. The van der Waals surface area contributed by atoms with Crippen molar-refractivity contribution in [1.82, 2.24) is 0 Å². The molecule has 5 heavy (non-hydrogen) atoms. The van der Waals surface area contributed by atoms with Crippen LogP contribution in [-0.4, -0.2) is 11.0 Å². The summed E-state index contributed by atoms with van der Waals surface area (Å²) in [4.78, 5) is 0. The van der Waals surface area contributed by atoms with Gasteiger partial charge in [0.05, 0.1) is 0 Å². The quantitative estimate of drug-likeness (QED) is 0.451. The maximum absolute atomic E-state index is 8.50. The third-order valence-electron chi connectivity index (χ3n) is 0. The fourth-order valence-corrected chi connectivity index (χ4v) is 0. The van der Waals surface area contributed by atoms with Crippen molar-refractivity contribution >= 4 is 11.0 Å². The first-order chi connectivity index (χ1) is 1.41. The summed E-state index contributed by atoms with van der Waals surface area (Å²) >= 11 is -2.00.